The second-order valence-corrected chi connectivity index (χ2v) is 6.48. The molecule has 0 aliphatic heterocycles. The molecule has 0 fully saturated rings. The first-order valence-electron chi connectivity index (χ1n) is 6.16. The van der Waals surface area contributed by atoms with Crippen molar-refractivity contribution in [3.8, 4) is 0 Å². The molecule has 19 heavy (non-hydrogen) atoms. The molecule has 2 aromatic rings. The van der Waals surface area contributed by atoms with Gasteiger partial charge in [0, 0.05) is 12.4 Å². The molecular formula is C13H17BrN4S. The second-order valence-electron chi connectivity index (χ2n) is 4.63. The lowest BCUT2D eigenvalue weighted by atomic mass is 10.1. The summed E-state index contributed by atoms with van der Waals surface area (Å²) in [6.07, 6.45) is 0.673. The third-order valence-electron chi connectivity index (χ3n) is 2.71. The van der Waals surface area contributed by atoms with Crippen molar-refractivity contribution in [1.29, 1.82) is 0 Å². The fraction of sp³-hybridized carbons (Fsp3) is 0.462. The Balaban J connectivity index is 2.37. The van der Waals surface area contributed by atoms with Crippen LogP contribution in [0.25, 0.3) is 0 Å². The Morgan fingerprint density at radius 2 is 2.05 bits per heavy atom. The lowest BCUT2D eigenvalue weighted by Gasteiger charge is -2.12. The van der Waals surface area contributed by atoms with Gasteiger partial charge in [-0.1, -0.05) is 13.8 Å². The summed E-state index contributed by atoms with van der Waals surface area (Å²) in [5.74, 6) is 1.99. The molecule has 0 aliphatic rings. The fourth-order valence-corrected chi connectivity index (χ4v) is 3.24. The summed E-state index contributed by atoms with van der Waals surface area (Å²) in [6.45, 7) is 6.27. The summed E-state index contributed by atoms with van der Waals surface area (Å²) in [4.78, 5) is 13.7. The number of hydrogen-bond donors (Lipinski definition) is 1. The number of anilines is 1. The van der Waals surface area contributed by atoms with E-state index in [4.69, 9.17) is 0 Å². The molecule has 0 spiro atoms. The van der Waals surface area contributed by atoms with Crippen molar-refractivity contribution in [2.75, 3.05) is 12.4 Å². The third kappa shape index (κ3) is 3.30. The van der Waals surface area contributed by atoms with Gasteiger partial charge in [0.2, 0.25) is 0 Å². The third-order valence-corrected chi connectivity index (χ3v) is 4.32. The maximum absolute atomic E-state index is 4.65. The van der Waals surface area contributed by atoms with Crippen LogP contribution in [-0.4, -0.2) is 22.0 Å². The Morgan fingerprint density at radius 1 is 1.32 bits per heavy atom. The van der Waals surface area contributed by atoms with E-state index in [0.29, 0.717) is 12.3 Å². The van der Waals surface area contributed by atoms with Crippen LogP contribution in [-0.2, 0) is 6.42 Å². The molecule has 0 atom stereocenters. The zero-order valence-electron chi connectivity index (χ0n) is 11.5. The highest BCUT2D eigenvalue weighted by Gasteiger charge is 2.15. The highest BCUT2D eigenvalue weighted by Crippen LogP contribution is 2.29. The molecule has 2 heterocycles. The van der Waals surface area contributed by atoms with Gasteiger partial charge >= 0.3 is 0 Å². The maximum Gasteiger partial charge on any atom is 0.144 e. The van der Waals surface area contributed by atoms with Gasteiger partial charge in [-0.3, -0.25) is 0 Å². The van der Waals surface area contributed by atoms with E-state index in [1.165, 1.54) is 0 Å². The quantitative estimate of drug-likeness (QED) is 0.920. The summed E-state index contributed by atoms with van der Waals surface area (Å²) >= 11 is 5.22. The lowest BCUT2D eigenvalue weighted by molar-refractivity contribution is 0.783. The molecule has 2 aromatic heterocycles. The van der Waals surface area contributed by atoms with E-state index >= 15 is 0 Å². The molecule has 2 rings (SSSR count). The first-order chi connectivity index (χ1) is 9.01. The van der Waals surface area contributed by atoms with Crippen molar-refractivity contribution in [2.24, 2.45) is 0 Å². The molecule has 4 nitrogen and oxygen atoms in total. The molecular weight excluding hydrogens is 324 g/mol. The Hall–Kier alpha value is -1.01. The van der Waals surface area contributed by atoms with Gasteiger partial charge in [-0.15, -0.1) is 11.3 Å². The van der Waals surface area contributed by atoms with Crippen LogP contribution in [0.5, 0.6) is 0 Å². The number of halogens is 1. The molecule has 0 amide bonds. The molecule has 0 radical (unpaired) electrons. The van der Waals surface area contributed by atoms with Crippen molar-refractivity contribution in [3.05, 3.63) is 32.1 Å². The van der Waals surface area contributed by atoms with Crippen LogP contribution in [0.3, 0.4) is 0 Å². The van der Waals surface area contributed by atoms with Gasteiger partial charge in [0.25, 0.3) is 0 Å². The van der Waals surface area contributed by atoms with Crippen LogP contribution in [0.1, 0.15) is 42.0 Å². The van der Waals surface area contributed by atoms with E-state index in [2.05, 4.69) is 55.4 Å². The van der Waals surface area contributed by atoms with E-state index in [1.54, 1.807) is 11.3 Å². The van der Waals surface area contributed by atoms with Crippen LogP contribution in [0, 0.1) is 6.92 Å². The number of hydrogen-bond acceptors (Lipinski definition) is 5. The molecule has 0 saturated carbocycles. The van der Waals surface area contributed by atoms with Crippen LogP contribution in [0.15, 0.2) is 9.85 Å². The molecule has 0 aromatic carbocycles. The number of nitrogens with zero attached hydrogens (tertiary/aromatic N) is 3. The molecule has 6 heteroatoms. The smallest absolute Gasteiger partial charge is 0.144 e. The van der Waals surface area contributed by atoms with Crippen molar-refractivity contribution in [1.82, 2.24) is 15.0 Å². The van der Waals surface area contributed by atoms with Gasteiger partial charge in [-0.2, -0.15) is 0 Å². The first kappa shape index (κ1) is 14.4. The first-order valence-corrected chi connectivity index (χ1v) is 7.83. The number of aromatic nitrogens is 3. The van der Waals surface area contributed by atoms with Gasteiger partial charge < -0.3 is 5.32 Å². The zero-order chi connectivity index (χ0) is 14.0. The molecule has 1 N–H and O–H groups in total. The Labute approximate surface area is 125 Å². The molecule has 0 aliphatic carbocycles. The maximum atomic E-state index is 4.65. The number of rotatable bonds is 4. The average Bonchev–Trinajstić information content (AvgIpc) is 2.76. The van der Waals surface area contributed by atoms with E-state index in [9.17, 15) is 0 Å². The Kier molecular flexibility index (Phi) is 4.52. The van der Waals surface area contributed by atoms with Crippen LogP contribution in [0.4, 0.5) is 5.82 Å². The van der Waals surface area contributed by atoms with E-state index in [-0.39, 0.29) is 0 Å². The zero-order valence-corrected chi connectivity index (χ0v) is 13.9. The Morgan fingerprint density at radius 3 is 2.58 bits per heavy atom. The summed E-state index contributed by atoms with van der Waals surface area (Å²) in [6, 6.07) is 0. The van der Waals surface area contributed by atoms with E-state index < -0.39 is 0 Å². The minimum Gasteiger partial charge on any atom is -0.372 e. The van der Waals surface area contributed by atoms with E-state index in [0.717, 1.165) is 32.5 Å². The lowest BCUT2D eigenvalue weighted by Crippen LogP contribution is -2.07. The summed E-state index contributed by atoms with van der Waals surface area (Å²) in [7, 11) is 1.87. The second kappa shape index (κ2) is 5.96. The predicted octanol–water partition coefficient (Wildman–Crippen LogP) is 3.76. The number of aryl methyl sites for hydroxylation is 1. The number of nitrogens with one attached hydrogen (secondary N) is 1. The SMILES string of the molecule is CNc1nc(Cc2csc(C)n2)nc(C(C)C)c1Br. The molecule has 102 valence electrons. The van der Waals surface area contributed by atoms with Crippen LogP contribution < -0.4 is 5.32 Å². The van der Waals surface area contributed by atoms with Crippen molar-refractivity contribution < 1.29 is 0 Å². The summed E-state index contributed by atoms with van der Waals surface area (Å²) in [5.41, 5.74) is 2.06. The largest absolute Gasteiger partial charge is 0.372 e. The summed E-state index contributed by atoms with van der Waals surface area (Å²) < 4.78 is 0.947. The van der Waals surface area contributed by atoms with Crippen LogP contribution in [0.2, 0.25) is 0 Å². The number of thiazole rings is 1. The van der Waals surface area contributed by atoms with Gasteiger partial charge in [0.1, 0.15) is 11.6 Å². The van der Waals surface area contributed by atoms with E-state index in [1.807, 2.05) is 14.0 Å². The van der Waals surface area contributed by atoms with Crippen LogP contribution >= 0.6 is 27.3 Å². The van der Waals surface area contributed by atoms with Gasteiger partial charge in [0.05, 0.1) is 27.3 Å². The monoisotopic (exact) mass is 340 g/mol. The minimum absolute atomic E-state index is 0.348. The van der Waals surface area contributed by atoms with Crippen molar-refractivity contribution in [2.45, 2.75) is 33.1 Å². The van der Waals surface area contributed by atoms with Gasteiger partial charge in [-0.25, -0.2) is 15.0 Å². The van der Waals surface area contributed by atoms with Gasteiger partial charge in [-0.05, 0) is 28.8 Å². The standard InChI is InChI=1S/C13H17BrN4S/c1-7(2)12-11(14)13(15-4)18-10(17-12)5-9-6-19-8(3)16-9/h6-7H,5H2,1-4H3,(H,15,17,18). The van der Waals surface area contributed by atoms with Crippen molar-refractivity contribution in [3.63, 3.8) is 0 Å². The normalized spacial score (nSPS) is 11.1. The molecule has 0 saturated heterocycles. The Bertz CT molecular complexity index is 580. The van der Waals surface area contributed by atoms with Crippen molar-refractivity contribution >= 4 is 33.1 Å². The highest BCUT2D eigenvalue weighted by molar-refractivity contribution is 9.10. The molecule has 0 unspecified atom stereocenters. The topological polar surface area (TPSA) is 50.7 Å². The summed E-state index contributed by atoms with van der Waals surface area (Å²) in [5, 5.41) is 6.24. The minimum atomic E-state index is 0.348. The predicted molar refractivity (Wildman–Crippen MR) is 83.0 cm³/mol. The molecule has 0 bridgehead atoms. The fourth-order valence-electron chi connectivity index (χ4n) is 1.79. The average molecular weight is 341 g/mol. The van der Waals surface area contributed by atoms with Gasteiger partial charge in [0.15, 0.2) is 0 Å². The highest BCUT2D eigenvalue weighted by atomic mass is 79.9.